The third-order valence-electron chi connectivity index (χ3n) is 5.22. The summed E-state index contributed by atoms with van der Waals surface area (Å²) in [7, 11) is 1.87. The van der Waals surface area contributed by atoms with Gasteiger partial charge in [-0.3, -0.25) is 9.59 Å². The quantitative estimate of drug-likeness (QED) is 0.784. The lowest BCUT2D eigenvalue weighted by atomic mass is 9.88. The number of ether oxygens (including phenoxy) is 1. The number of hydrogen-bond acceptors (Lipinski definition) is 3. The van der Waals surface area contributed by atoms with E-state index in [0.717, 1.165) is 51.7 Å². The van der Waals surface area contributed by atoms with Crippen LogP contribution in [-0.2, 0) is 14.3 Å². The molecule has 2 saturated heterocycles. The van der Waals surface area contributed by atoms with Crippen LogP contribution in [0.2, 0.25) is 0 Å². The number of carbonyl (C=O) groups is 2. The predicted octanol–water partition coefficient (Wildman–Crippen LogP) is 2.24. The van der Waals surface area contributed by atoms with E-state index in [1.165, 1.54) is 6.42 Å². The smallest absolute Gasteiger partial charge is 0.222 e. The van der Waals surface area contributed by atoms with Crippen molar-refractivity contribution in [2.45, 2.75) is 76.4 Å². The van der Waals surface area contributed by atoms with Crippen LogP contribution in [0.25, 0.3) is 0 Å². The van der Waals surface area contributed by atoms with Gasteiger partial charge in [-0.2, -0.15) is 0 Å². The summed E-state index contributed by atoms with van der Waals surface area (Å²) in [6.45, 7) is 3.70. The summed E-state index contributed by atoms with van der Waals surface area (Å²) in [5, 5.41) is 3.07. The lowest BCUT2D eigenvalue weighted by Crippen LogP contribution is -2.42. The van der Waals surface area contributed by atoms with Crippen LogP contribution in [0.1, 0.15) is 64.7 Å². The molecule has 5 nitrogen and oxygen atoms in total. The van der Waals surface area contributed by atoms with Crippen LogP contribution in [0.5, 0.6) is 0 Å². The van der Waals surface area contributed by atoms with E-state index >= 15 is 0 Å². The van der Waals surface area contributed by atoms with Crippen LogP contribution in [0, 0.1) is 0 Å². The topological polar surface area (TPSA) is 58.6 Å². The molecule has 2 amide bonds. The van der Waals surface area contributed by atoms with E-state index in [0.29, 0.717) is 18.9 Å². The third-order valence-corrected chi connectivity index (χ3v) is 5.22. The molecule has 2 aliphatic heterocycles. The summed E-state index contributed by atoms with van der Waals surface area (Å²) >= 11 is 0. The van der Waals surface area contributed by atoms with Gasteiger partial charge in [0.25, 0.3) is 0 Å². The molecule has 5 heteroatoms. The van der Waals surface area contributed by atoms with Crippen LogP contribution in [0.15, 0.2) is 0 Å². The van der Waals surface area contributed by atoms with Gasteiger partial charge < -0.3 is 15.0 Å². The van der Waals surface area contributed by atoms with Crippen molar-refractivity contribution in [3.8, 4) is 0 Å². The van der Waals surface area contributed by atoms with Crippen LogP contribution in [0.3, 0.4) is 0 Å². The molecule has 2 fully saturated rings. The molecule has 2 heterocycles. The number of nitrogens with one attached hydrogen (secondary N) is 1. The molecule has 2 rings (SSSR count). The Bertz CT molecular complexity index is 393. The van der Waals surface area contributed by atoms with Gasteiger partial charge >= 0.3 is 0 Å². The summed E-state index contributed by atoms with van der Waals surface area (Å²) in [6, 6.07) is 0. The lowest BCUT2D eigenvalue weighted by Gasteiger charge is -2.29. The van der Waals surface area contributed by atoms with E-state index in [4.69, 9.17) is 4.74 Å². The van der Waals surface area contributed by atoms with Crippen LogP contribution >= 0.6 is 0 Å². The molecule has 0 bridgehead atoms. The first-order valence-corrected chi connectivity index (χ1v) is 8.71. The molecule has 0 aromatic heterocycles. The Kier molecular flexibility index (Phi) is 6.24. The average Bonchev–Trinajstić information content (AvgIpc) is 2.93. The standard InChI is InChI=1S/C17H30N2O3/c1-3-17(10-7-15(20)18-17)11-8-16(21)19(2)12-9-14-6-4-5-13-22-14/h14H,3-13H2,1-2H3,(H,18,20). The zero-order valence-corrected chi connectivity index (χ0v) is 14.0. The summed E-state index contributed by atoms with van der Waals surface area (Å²) < 4.78 is 5.71. The summed E-state index contributed by atoms with van der Waals surface area (Å²) in [6.07, 6.45) is 8.37. The highest BCUT2D eigenvalue weighted by Gasteiger charge is 2.36. The van der Waals surface area contributed by atoms with Crippen LogP contribution in [-0.4, -0.2) is 48.6 Å². The van der Waals surface area contributed by atoms with Crippen molar-refractivity contribution in [2.24, 2.45) is 0 Å². The summed E-state index contributed by atoms with van der Waals surface area (Å²) in [5.41, 5.74) is -0.153. The van der Waals surface area contributed by atoms with Crippen molar-refractivity contribution in [3.05, 3.63) is 0 Å². The number of nitrogens with zero attached hydrogens (tertiary/aromatic N) is 1. The molecule has 1 N–H and O–H groups in total. The zero-order valence-electron chi connectivity index (χ0n) is 14.0. The van der Waals surface area contributed by atoms with Crippen LogP contribution in [0.4, 0.5) is 0 Å². The van der Waals surface area contributed by atoms with E-state index < -0.39 is 0 Å². The fourth-order valence-corrected chi connectivity index (χ4v) is 3.44. The number of amides is 2. The molecule has 0 aromatic carbocycles. The third kappa shape index (κ3) is 4.70. The van der Waals surface area contributed by atoms with Crippen molar-refractivity contribution in [3.63, 3.8) is 0 Å². The molecule has 0 aliphatic carbocycles. The number of hydrogen-bond donors (Lipinski definition) is 1. The normalized spacial score (nSPS) is 28.5. The first kappa shape index (κ1) is 17.3. The molecule has 2 atom stereocenters. The average molecular weight is 310 g/mol. The van der Waals surface area contributed by atoms with Crippen molar-refractivity contribution in [2.75, 3.05) is 20.2 Å². The zero-order chi connectivity index (χ0) is 16.0. The molecule has 126 valence electrons. The maximum atomic E-state index is 12.3. The maximum Gasteiger partial charge on any atom is 0.222 e. The molecule has 0 radical (unpaired) electrons. The molecule has 0 spiro atoms. The van der Waals surface area contributed by atoms with Gasteiger partial charge in [0.05, 0.1) is 6.10 Å². The van der Waals surface area contributed by atoms with Crippen molar-refractivity contribution < 1.29 is 14.3 Å². The first-order valence-electron chi connectivity index (χ1n) is 8.71. The van der Waals surface area contributed by atoms with Gasteiger partial charge in [-0.15, -0.1) is 0 Å². The first-order chi connectivity index (χ1) is 10.5. The van der Waals surface area contributed by atoms with E-state index in [1.54, 1.807) is 0 Å². The van der Waals surface area contributed by atoms with Gasteiger partial charge in [0.1, 0.15) is 0 Å². The van der Waals surface area contributed by atoms with E-state index in [-0.39, 0.29) is 17.4 Å². The Morgan fingerprint density at radius 1 is 1.45 bits per heavy atom. The Hall–Kier alpha value is -1.10. The molecule has 0 aromatic rings. The van der Waals surface area contributed by atoms with Gasteiger partial charge in [-0.05, 0) is 44.9 Å². The molecule has 2 aliphatic rings. The second-order valence-corrected chi connectivity index (χ2v) is 6.77. The van der Waals surface area contributed by atoms with Gasteiger partial charge in [0.2, 0.25) is 11.8 Å². The maximum absolute atomic E-state index is 12.3. The van der Waals surface area contributed by atoms with Crippen molar-refractivity contribution in [1.29, 1.82) is 0 Å². The molecule has 2 unspecified atom stereocenters. The minimum atomic E-state index is -0.153. The number of carbonyl (C=O) groups excluding carboxylic acids is 2. The highest BCUT2D eigenvalue weighted by Crippen LogP contribution is 2.28. The fourth-order valence-electron chi connectivity index (χ4n) is 3.44. The minimum Gasteiger partial charge on any atom is -0.378 e. The van der Waals surface area contributed by atoms with Gasteiger partial charge in [-0.1, -0.05) is 6.92 Å². The molecule has 22 heavy (non-hydrogen) atoms. The molecular formula is C17H30N2O3. The SMILES string of the molecule is CCC1(CCC(=O)N(C)CCC2CCCCO2)CCC(=O)N1. The number of rotatable bonds is 7. The molecular weight excluding hydrogens is 280 g/mol. The second-order valence-electron chi connectivity index (χ2n) is 6.77. The summed E-state index contributed by atoms with van der Waals surface area (Å²) in [5.74, 6) is 0.293. The van der Waals surface area contributed by atoms with Gasteiger partial charge in [0.15, 0.2) is 0 Å². The minimum absolute atomic E-state index is 0.122. The second kappa shape index (κ2) is 7.95. The fraction of sp³-hybridized carbons (Fsp3) is 0.882. The van der Waals surface area contributed by atoms with E-state index in [2.05, 4.69) is 12.2 Å². The summed E-state index contributed by atoms with van der Waals surface area (Å²) in [4.78, 5) is 25.6. The highest BCUT2D eigenvalue weighted by molar-refractivity contribution is 5.80. The van der Waals surface area contributed by atoms with Crippen LogP contribution < -0.4 is 5.32 Å². The van der Waals surface area contributed by atoms with E-state index in [9.17, 15) is 9.59 Å². The largest absolute Gasteiger partial charge is 0.378 e. The Labute approximate surface area is 133 Å². The van der Waals surface area contributed by atoms with Gasteiger partial charge in [0, 0.05) is 38.6 Å². The van der Waals surface area contributed by atoms with Crippen molar-refractivity contribution >= 4 is 11.8 Å². The van der Waals surface area contributed by atoms with E-state index in [1.807, 2.05) is 11.9 Å². The Morgan fingerprint density at radius 3 is 2.86 bits per heavy atom. The predicted molar refractivity (Wildman–Crippen MR) is 85.5 cm³/mol. The van der Waals surface area contributed by atoms with Crippen molar-refractivity contribution in [1.82, 2.24) is 10.2 Å². The highest BCUT2D eigenvalue weighted by atomic mass is 16.5. The Morgan fingerprint density at radius 2 is 2.27 bits per heavy atom. The Balaban J connectivity index is 1.70. The van der Waals surface area contributed by atoms with Gasteiger partial charge in [-0.25, -0.2) is 0 Å². The lowest BCUT2D eigenvalue weighted by molar-refractivity contribution is -0.131. The molecule has 0 saturated carbocycles. The monoisotopic (exact) mass is 310 g/mol.